The minimum atomic E-state index is -3.10. The molecule has 0 saturated heterocycles. The number of benzene rings is 1. The first kappa shape index (κ1) is 15.5. The first-order chi connectivity index (χ1) is 8.80. The number of rotatable bonds is 5. The van der Waals surface area contributed by atoms with Gasteiger partial charge in [0.05, 0.1) is 6.61 Å². The van der Waals surface area contributed by atoms with Gasteiger partial charge in [0.15, 0.2) is 0 Å². The van der Waals surface area contributed by atoms with Crippen LogP contribution in [0.15, 0.2) is 24.3 Å². The average molecular weight is 276 g/mol. The fourth-order valence-electron chi connectivity index (χ4n) is 1.78. The lowest BCUT2D eigenvalue weighted by molar-refractivity contribution is -0.169. The van der Waals surface area contributed by atoms with Crippen LogP contribution in [0.4, 0.5) is 13.2 Å². The lowest BCUT2D eigenvalue weighted by Gasteiger charge is -2.31. The molecule has 3 nitrogen and oxygen atoms in total. The van der Waals surface area contributed by atoms with E-state index in [0.717, 1.165) is 31.2 Å². The van der Waals surface area contributed by atoms with E-state index in [0.29, 0.717) is 0 Å². The summed E-state index contributed by atoms with van der Waals surface area (Å²) in [7, 11) is 0. The Labute approximate surface area is 109 Å². The van der Waals surface area contributed by atoms with Crippen LogP contribution < -0.4 is 0 Å². The Morgan fingerprint density at radius 3 is 2.32 bits per heavy atom. The summed E-state index contributed by atoms with van der Waals surface area (Å²) in [4.78, 5) is 11.5. The van der Waals surface area contributed by atoms with Crippen molar-refractivity contribution in [1.29, 1.82) is 0 Å². The van der Waals surface area contributed by atoms with Gasteiger partial charge >= 0.3 is 5.97 Å². The van der Waals surface area contributed by atoms with E-state index in [1.165, 1.54) is 6.92 Å². The van der Waals surface area contributed by atoms with Crippen LogP contribution in [0.25, 0.3) is 0 Å². The normalized spacial score (nSPS) is 15.9. The fourth-order valence-corrected chi connectivity index (χ4v) is 1.78. The molecule has 6 heteroatoms. The Balaban J connectivity index is 3.12. The minimum Gasteiger partial charge on any atom is -0.466 e. The monoisotopic (exact) mass is 276 g/mol. The summed E-state index contributed by atoms with van der Waals surface area (Å²) in [5, 5.41) is 10.2. The second-order valence-corrected chi connectivity index (χ2v) is 4.22. The highest BCUT2D eigenvalue weighted by atomic mass is 19.3. The zero-order valence-corrected chi connectivity index (χ0v) is 10.6. The smallest absolute Gasteiger partial charge is 0.318 e. The molecule has 0 aromatic heterocycles. The highest BCUT2D eigenvalue weighted by molar-refractivity contribution is 5.74. The molecule has 1 aromatic rings. The molecule has 106 valence electrons. The summed E-state index contributed by atoms with van der Waals surface area (Å²) in [6, 6.07) is 4.36. The number of hydrogen-bond donors (Lipinski definition) is 1. The second kappa shape index (κ2) is 6.06. The lowest BCUT2D eigenvalue weighted by Crippen LogP contribution is -2.42. The molecule has 2 atom stereocenters. The largest absolute Gasteiger partial charge is 0.466 e. The minimum absolute atomic E-state index is 0.0206. The first-order valence-corrected chi connectivity index (χ1v) is 5.74. The number of hydrogen-bond acceptors (Lipinski definition) is 3. The van der Waals surface area contributed by atoms with Crippen molar-refractivity contribution in [2.24, 2.45) is 5.92 Å². The number of alkyl halides is 2. The first-order valence-electron chi connectivity index (χ1n) is 5.74. The third-order valence-corrected chi connectivity index (χ3v) is 2.83. The van der Waals surface area contributed by atoms with Crippen LogP contribution in [0.2, 0.25) is 0 Å². The zero-order valence-electron chi connectivity index (χ0n) is 10.6. The van der Waals surface area contributed by atoms with Gasteiger partial charge in [-0.2, -0.15) is 0 Å². The Kier molecular flexibility index (Phi) is 4.94. The van der Waals surface area contributed by atoms with Crippen molar-refractivity contribution in [1.82, 2.24) is 0 Å². The standard InChI is InChI=1S/C13H15F3O3/c1-3-19-12(17)10(11(15)16)13(2,18)8-4-6-9(14)7-5-8/h4-7,10-11,18H,3H2,1-2H3. The number of carbonyl (C=O) groups excluding carboxylic acids is 1. The fraction of sp³-hybridized carbons (Fsp3) is 0.462. The molecule has 0 spiro atoms. The molecule has 1 rings (SSSR count). The Morgan fingerprint density at radius 2 is 1.89 bits per heavy atom. The molecule has 0 fully saturated rings. The van der Waals surface area contributed by atoms with Crippen LogP contribution in [0.3, 0.4) is 0 Å². The highest BCUT2D eigenvalue weighted by Gasteiger charge is 2.46. The third kappa shape index (κ3) is 3.47. The Morgan fingerprint density at radius 1 is 1.37 bits per heavy atom. The lowest BCUT2D eigenvalue weighted by atomic mass is 9.83. The molecule has 0 radical (unpaired) electrons. The maximum atomic E-state index is 13.0. The Hall–Kier alpha value is -1.56. The maximum absolute atomic E-state index is 13.0. The van der Waals surface area contributed by atoms with Crippen molar-refractivity contribution < 1.29 is 27.8 Å². The van der Waals surface area contributed by atoms with Gasteiger partial charge < -0.3 is 9.84 Å². The van der Waals surface area contributed by atoms with Crippen molar-refractivity contribution in [3.63, 3.8) is 0 Å². The number of aliphatic hydroxyl groups is 1. The number of ether oxygens (including phenoxy) is 1. The van der Waals surface area contributed by atoms with Crippen molar-refractivity contribution in [3.8, 4) is 0 Å². The van der Waals surface area contributed by atoms with Crippen LogP contribution in [-0.4, -0.2) is 24.1 Å². The van der Waals surface area contributed by atoms with Gasteiger partial charge in [-0.3, -0.25) is 4.79 Å². The highest BCUT2D eigenvalue weighted by Crippen LogP contribution is 2.34. The molecule has 1 aromatic carbocycles. The van der Waals surface area contributed by atoms with Gasteiger partial charge in [0.2, 0.25) is 0 Å². The molecule has 0 aliphatic rings. The van der Waals surface area contributed by atoms with Crippen LogP contribution in [0.5, 0.6) is 0 Å². The summed E-state index contributed by atoms with van der Waals surface area (Å²) >= 11 is 0. The molecule has 0 heterocycles. The quantitative estimate of drug-likeness (QED) is 0.840. The summed E-state index contributed by atoms with van der Waals surface area (Å²) in [5.74, 6) is -3.78. The Bertz CT molecular complexity index is 429. The molecule has 0 bridgehead atoms. The van der Waals surface area contributed by atoms with E-state index in [2.05, 4.69) is 4.74 Å². The predicted octanol–water partition coefficient (Wildman–Crippen LogP) is 2.48. The number of esters is 1. The third-order valence-electron chi connectivity index (χ3n) is 2.83. The van der Waals surface area contributed by atoms with Crippen molar-refractivity contribution >= 4 is 5.97 Å². The summed E-state index contributed by atoms with van der Waals surface area (Å²) in [5.41, 5.74) is -2.12. The number of carbonyl (C=O) groups is 1. The molecule has 0 aliphatic carbocycles. The molecule has 1 N–H and O–H groups in total. The molecule has 2 unspecified atom stereocenters. The molecular formula is C13H15F3O3. The number of halogens is 3. The van der Waals surface area contributed by atoms with E-state index in [4.69, 9.17) is 0 Å². The van der Waals surface area contributed by atoms with Crippen molar-refractivity contribution in [2.45, 2.75) is 25.9 Å². The topological polar surface area (TPSA) is 46.5 Å². The zero-order chi connectivity index (χ0) is 14.6. The van der Waals surface area contributed by atoms with Gasteiger partial charge in [0, 0.05) is 0 Å². The van der Waals surface area contributed by atoms with Gasteiger partial charge in [-0.25, -0.2) is 13.2 Å². The van der Waals surface area contributed by atoms with Crippen LogP contribution >= 0.6 is 0 Å². The molecule has 0 aliphatic heterocycles. The molecule has 0 amide bonds. The van der Waals surface area contributed by atoms with Gasteiger partial charge in [0.1, 0.15) is 17.3 Å². The van der Waals surface area contributed by atoms with E-state index in [-0.39, 0.29) is 12.2 Å². The maximum Gasteiger partial charge on any atom is 0.318 e. The van der Waals surface area contributed by atoms with Gasteiger partial charge in [0.25, 0.3) is 6.43 Å². The molecule has 0 saturated carbocycles. The van der Waals surface area contributed by atoms with E-state index < -0.39 is 29.7 Å². The SMILES string of the molecule is CCOC(=O)C(C(F)F)C(C)(O)c1ccc(F)cc1. The van der Waals surface area contributed by atoms with Gasteiger partial charge in [-0.15, -0.1) is 0 Å². The van der Waals surface area contributed by atoms with Gasteiger partial charge in [-0.05, 0) is 31.5 Å². The molecular weight excluding hydrogens is 261 g/mol. The van der Waals surface area contributed by atoms with Gasteiger partial charge in [-0.1, -0.05) is 12.1 Å². The van der Waals surface area contributed by atoms with E-state index in [1.54, 1.807) is 0 Å². The van der Waals surface area contributed by atoms with Crippen LogP contribution in [0, 0.1) is 11.7 Å². The summed E-state index contributed by atoms with van der Waals surface area (Å²) in [6.45, 7) is 2.49. The van der Waals surface area contributed by atoms with E-state index in [1.807, 2.05) is 0 Å². The van der Waals surface area contributed by atoms with E-state index >= 15 is 0 Å². The molecule has 19 heavy (non-hydrogen) atoms. The summed E-state index contributed by atoms with van der Waals surface area (Å²) < 4.78 is 43.3. The second-order valence-electron chi connectivity index (χ2n) is 4.22. The van der Waals surface area contributed by atoms with Crippen LogP contribution in [-0.2, 0) is 15.1 Å². The predicted molar refractivity (Wildman–Crippen MR) is 62.1 cm³/mol. The van der Waals surface area contributed by atoms with Crippen molar-refractivity contribution in [2.75, 3.05) is 6.61 Å². The van der Waals surface area contributed by atoms with E-state index in [9.17, 15) is 23.1 Å². The summed E-state index contributed by atoms with van der Waals surface area (Å²) in [6.07, 6.45) is -3.10. The average Bonchev–Trinajstić information content (AvgIpc) is 2.28. The van der Waals surface area contributed by atoms with Crippen LogP contribution in [0.1, 0.15) is 19.4 Å². The van der Waals surface area contributed by atoms with Crippen molar-refractivity contribution in [3.05, 3.63) is 35.6 Å².